The molecule has 0 saturated heterocycles. The molecule has 0 spiro atoms. The molecule has 0 fully saturated rings. The van der Waals surface area contributed by atoms with E-state index in [0.717, 1.165) is 11.1 Å². The molecule has 3 rings (SSSR count). The zero-order valence-corrected chi connectivity index (χ0v) is 15.3. The molecule has 2 heterocycles. The third-order valence-corrected chi connectivity index (χ3v) is 5.66. The van der Waals surface area contributed by atoms with Crippen LogP contribution in [-0.4, -0.2) is 39.0 Å². The van der Waals surface area contributed by atoms with Gasteiger partial charge < -0.3 is 9.64 Å². The van der Waals surface area contributed by atoms with E-state index in [9.17, 15) is 13.2 Å². The van der Waals surface area contributed by atoms with Gasteiger partial charge in [0.1, 0.15) is 6.61 Å². The minimum Gasteiger partial charge on any atom is -0.367 e. The summed E-state index contributed by atoms with van der Waals surface area (Å²) in [7, 11) is -3.56. The Morgan fingerprint density at radius 1 is 1.35 bits per heavy atom. The number of pyridine rings is 1. The van der Waals surface area contributed by atoms with Gasteiger partial charge in [-0.3, -0.25) is 9.78 Å². The van der Waals surface area contributed by atoms with Crippen LogP contribution in [0.4, 0.5) is 5.69 Å². The number of hydrogen-bond acceptors (Lipinski definition) is 5. The normalized spacial score (nSPS) is 13.7. The SMILES string of the molecule is CCNS(=O)(=O)c1ccc2c(c1)N(C(=O)COCc1cccnc1)CC2. The highest BCUT2D eigenvalue weighted by atomic mass is 32.2. The number of carbonyl (C=O) groups is 1. The lowest BCUT2D eigenvalue weighted by atomic mass is 10.2. The summed E-state index contributed by atoms with van der Waals surface area (Å²) < 4.78 is 32.3. The Morgan fingerprint density at radius 2 is 2.19 bits per heavy atom. The summed E-state index contributed by atoms with van der Waals surface area (Å²) >= 11 is 0. The fraction of sp³-hybridized carbons (Fsp3) is 0.333. The average molecular weight is 375 g/mol. The van der Waals surface area contributed by atoms with E-state index in [-0.39, 0.29) is 17.4 Å². The Labute approximate surface area is 153 Å². The van der Waals surface area contributed by atoms with Crippen molar-refractivity contribution in [1.82, 2.24) is 9.71 Å². The number of rotatable bonds is 7. The molecule has 1 aromatic heterocycles. The van der Waals surface area contributed by atoms with Crippen molar-refractivity contribution in [3.05, 3.63) is 53.9 Å². The van der Waals surface area contributed by atoms with Crippen molar-refractivity contribution in [2.24, 2.45) is 0 Å². The molecule has 0 radical (unpaired) electrons. The number of nitrogens with zero attached hydrogens (tertiary/aromatic N) is 2. The number of anilines is 1. The molecule has 1 aromatic carbocycles. The minimum atomic E-state index is -3.56. The highest BCUT2D eigenvalue weighted by Crippen LogP contribution is 2.30. The fourth-order valence-corrected chi connectivity index (χ4v) is 3.94. The highest BCUT2D eigenvalue weighted by Gasteiger charge is 2.26. The molecule has 1 N–H and O–H groups in total. The Hall–Kier alpha value is -2.29. The van der Waals surface area contributed by atoms with Crippen LogP contribution in [0.25, 0.3) is 0 Å². The summed E-state index contributed by atoms with van der Waals surface area (Å²) in [4.78, 5) is 18.3. The standard InChI is InChI=1S/C18H21N3O4S/c1-2-20-26(23,24)16-6-5-15-7-9-21(17(15)10-16)18(22)13-25-12-14-4-3-8-19-11-14/h3-6,8,10-11,20H,2,7,9,12-13H2,1H3. The second-order valence-corrected chi connectivity index (χ2v) is 7.71. The number of hydrogen-bond donors (Lipinski definition) is 1. The molecule has 0 unspecified atom stereocenters. The molecule has 0 saturated carbocycles. The predicted molar refractivity (Wildman–Crippen MR) is 97.3 cm³/mol. The van der Waals surface area contributed by atoms with Crippen LogP contribution in [0.15, 0.2) is 47.6 Å². The van der Waals surface area contributed by atoms with E-state index in [1.165, 1.54) is 0 Å². The molecule has 2 aromatic rings. The number of ether oxygens (including phenoxy) is 1. The molecule has 26 heavy (non-hydrogen) atoms. The van der Waals surface area contributed by atoms with E-state index in [0.29, 0.717) is 31.8 Å². The molecule has 0 bridgehead atoms. The first-order valence-electron chi connectivity index (χ1n) is 8.41. The number of amides is 1. The smallest absolute Gasteiger partial charge is 0.253 e. The average Bonchev–Trinajstić information content (AvgIpc) is 3.06. The summed E-state index contributed by atoms with van der Waals surface area (Å²) in [5.74, 6) is -0.189. The molecule has 1 aliphatic heterocycles. The second kappa shape index (κ2) is 7.94. The number of benzene rings is 1. The zero-order chi connectivity index (χ0) is 18.6. The molecular formula is C18H21N3O4S. The lowest BCUT2D eigenvalue weighted by Crippen LogP contribution is -2.32. The first-order valence-corrected chi connectivity index (χ1v) is 9.89. The lowest BCUT2D eigenvalue weighted by molar-refractivity contribution is -0.123. The number of nitrogens with one attached hydrogen (secondary N) is 1. The Bertz CT molecular complexity index is 885. The summed E-state index contributed by atoms with van der Waals surface area (Å²) in [5, 5.41) is 0. The van der Waals surface area contributed by atoms with E-state index >= 15 is 0 Å². The van der Waals surface area contributed by atoms with Crippen molar-refractivity contribution in [3.63, 3.8) is 0 Å². The summed E-state index contributed by atoms with van der Waals surface area (Å²) in [6, 6.07) is 8.58. The topological polar surface area (TPSA) is 88.6 Å². The van der Waals surface area contributed by atoms with Crippen LogP contribution in [0.1, 0.15) is 18.1 Å². The maximum Gasteiger partial charge on any atom is 0.253 e. The van der Waals surface area contributed by atoms with Gasteiger partial charge in [-0.25, -0.2) is 13.1 Å². The summed E-state index contributed by atoms with van der Waals surface area (Å²) in [5.41, 5.74) is 2.49. The molecule has 8 heteroatoms. The van der Waals surface area contributed by atoms with Crippen LogP contribution in [0, 0.1) is 0 Å². The van der Waals surface area contributed by atoms with Crippen LogP contribution >= 0.6 is 0 Å². The largest absolute Gasteiger partial charge is 0.367 e. The van der Waals surface area contributed by atoms with Gasteiger partial charge in [0, 0.05) is 31.2 Å². The van der Waals surface area contributed by atoms with Crippen molar-refractivity contribution in [1.29, 1.82) is 0 Å². The van der Waals surface area contributed by atoms with Crippen LogP contribution in [-0.2, 0) is 32.6 Å². The van der Waals surface area contributed by atoms with E-state index in [2.05, 4.69) is 9.71 Å². The van der Waals surface area contributed by atoms with Crippen LogP contribution in [0.3, 0.4) is 0 Å². The van der Waals surface area contributed by atoms with Gasteiger partial charge in [0.15, 0.2) is 0 Å². The molecule has 0 aliphatic carbocycles. The molecule has 0 atom stereocenters. The third-order valence-electron chi connectivity index (χ3n) is 4.12. The van der Waals surface area contributed by atoms with Crippen molar-refractivity contribution in [2.45, 2.75) is 24.8 Å². The molecule has 1 amide bonds. The monoisotopic (exact) mass is 375 g/mol. The number of carbonyl (C=O) groups excluding carboxylic acids is 1. The lowest BCUT2D eigenvalue weighted by Gasteiger charge is -2.18. The number of fused-ring (bicyclic) bond motifs is 1. The second-order valence-electron chi connectivity index (χ2n) is 5.94. The van der Waals surface area contributed by atoms with Crippen molar-refractivity contribution >= 4 is 21.6 Å². The van der Waals surface area contributed by atoms with Gasteiger partial charge in [0.2, 0.25) is 10.0 Å². The Kier molecular flexibility index (Phi) is 5.65. The van der Waals surface area contributed by atoms with E-state index < -0.39 is 10.0 Å². The van der Waals surface area contributed by atoms with E-state index in [1.54, 1.807) is 42.4 Å². The molecular weight excluding hydrogens is 354 g/mol. The molecule has 7 nitrogen and oxygen atoms in total. The third kappa shape index (κ3) is 4.09. The van der Waals surface area contributed by atoms with Crippen LogP contribution in [0.5, 0.6) is 0 Å². The summed E-state index contributed by atoms with van der Waals surface area (Å²) in [6.45, 7) is 2.79. The highest BCUT2D eigenvalue weighted by molar-refractivity contribution is 7.89. The molecule has 1 aliphatic rings. The minimum absolute atomic E-state index is 0.0709. The quantitative estimate of drug-likeness (QED) is 0.792. The van der Waals surface area contributed by atoms with Crippen LogP contribution in [0.2, 0.25) is 0 Å². The van der Waals surface area contributed by atoms with Gasteiger partial charge in [0.25, 0.3) is 5.91 Å². The van der Waals surface area contributed by atoms with Crippen molar-refractivity contribution < 1.29 is 17.9 Å². The predicted octanol–water partition coefficient (Wildman–Crippen LogP) is 1.49. The molecule has 138 valence electrons. The van der Waals surface area contributed by atoms with Gasteiger partial charge in [-0.2, -0.15) is 0 Å². The van der Waals surface area contributed by atoms with Crippen LogP contribution < -0.4 is 9.62 Å². The van der Waals surface area contributed by atoms with Crippen molar-refractivity contribution in [2.75, 3.05) is 24.6 Å². The Morgan fingerprint density at radius 3 is 2.92 bits per heavy atom. The van der Waals surface area contributed by atoms with E-state index in [1.807, 2.05) is 12.1 Å². The maximum absolute atomic E-state index is 12.5. The van der Waals surface area contributed by atoms with Gasteiger partial charge in [-0.1, -0.05) is 19.1 Å². The van der Waals surface area contributed by atoms with Crippen molar-refractivity contribution in [3.8, 4) is 0 Å². The number of aromatic nitrogens is 1. The van der Waals surface area contributed by atoms with Gasteiger partial charge in [-0.15, -0.1) is 0 Å². The van der Waals surface area contributed by atoms with Gasteiger partial charge in [-0.05, 0) is 35.7 Å². The number of sulfonamides is 1. The Balaban J connectivity index is 1.69. The maximum atomic E-state index is 12.5. The van der Waals surface area contributed by atoms with Gasteiger partial charge in [0.05, 0.1) is 11.5 Å². The van der Waals surface area contributed by atoms with E-state index in [4.69, 9.17) is 4.74 Å². The zero-order valence-electron chi connectivity index (χ0n) is 14.5. The van der Waals surface area contributed by atoms with Gasteiger partial charge >= 0.3 is 0 Å². The first-order chi connectivity index (χ1) is 12.5. The summed E-state index contributed by atoms with van der Waals surface area (Å²) in [6.07, 6.45) is 4.06. The first kappa shape index (κ1) is 18.5. The fourth-order valence-electron chi connectivity index (χ4n) is 2.88.